The number of nitrogens with zero attached hydrogens (tertiary/aromatic N) is 4. The average molecular weight is 431 g/mol. The first-order valence-electron chi connectivity index (χ1n) is 9.51. The molecule has 5 aromatic rings. The molecule has 1 aromatic carbocycles. The minimum atomic E-state index is -0.262. The number of furan rings is 1. The lowest BCUT2D eigenvalue weighted by Gasteiger charge is -2.17. The molecular formula is C22H17N5O3S. The Kier molecular flexibility index (Phi) is 4.72. The summed E-state index contributed by atoms with van der Waals surface area (Å²) >= 11 is 1.34. The lowest BCUT2D eigenvalue weighted by atomic mass is 10.2. The van der Waals surface area contributed by atoms with Crippen LogP contribution < -0.4 is 5.56 Å². The third-order valence-electron chi connectivity index (χ3n) is 4.80. The Hall–Kier alpha value is -3.98. The number of nitrogens with one attached hydrogen (secondary N) is 1. The van der Waals surface area contributed by atoms with E-state index < -0.39 is 0 Å². The highest BCUT2D eigenvalue weighted by molar-refractivity contribution is 7.17. The van der Waals surface area contributed by atoms with Gasteiger partial charge in [0.05, 0.1) is 24.0 Å². The van der Waals surface area contributed by atoms with Crippen molar-refractivity contribution >= 4 is 27.5 Å². The van der Waals surface area contributed by atoms with Gasteiger partial charge in [0.1, 0.15) is 21.9 Å². The molecule has 1 N–H and O–H groups in total. The van der Waals surface area contributed by atoms with Crippen LogP contribution >= 0.6 is 11.3 Å². The molecule has 0 spiro atoms. The number of hydrogen-bond acceptors (Lipinski definition) is 6. The number of thiophene rings is 1. The minimum absolute atomic E-state index is 0.149. The van der Waals surface area contributed by atoms with Crippen LogP contribution in [0.3, 0.4) is 0 Å². The fourth-order valence-electron chi connectivity index (χ4n) is 3.33. The summed E-state index contributed by atoms with van der Waals surface area (Å²) in [5, 5.41) is 6.40. The minimum Gasteiger partial charge on any atom is -0.463 e. The molecule has 9 heteroatoms. The Balaban J connectivity index is 1.50. The van der Waals surface area contributed by atoms with Crippen LogP contribution in [0.4, 0.5) is 0 Å². The molecule has 0 atom stereocenters. The van der Waals surface area contributed by atoms with Gasteiger partial charge in [0.2, 0.25) is 0 Å². The molecule has 4 heterocycles. The second-order valence-corrected chi connectivity index (χ2v) is 7.86. The van der Waals surface area contributed by atoms with Crippen LogP contribution in [-0.4, -0.2) is 37.6 Å². The van der Waals surface area contributed by atoms with Crippen molar-refractivity contribution in [3.63, 3.8) is 0 Å². The van der Waals surface area contributed by atoms with Crippen LogP contribution in [0, 0.1) is 0 Å². The molecule has 0 radical (unpaired) electrons. The molecule has 0 bridgehead atoms. The van der Waals surface area contributed by atoms with Crippen molar-refractivity contribution in [2.24, 2.45) is 0 Å². The predicted octanol–water partition coefficient (Wildman–Crippen LogP) is 3.70. The summed E-state index contributed by atoms with van der Waals surface area (Å²) in [7, 11) is 1.66. The molecule has 5 rings (SSSR count). The van der Waals surface area contributed by atoms with Crippen LogP contribution in [0.5, 0.6) is 0 Å². The highest BCUT2D eigenvalue weighted by Gasteiger charge is 2.22. The van der Waals surface area contributed by atoms with Crippen molar-refractivity contribution in [1.82, 2.24) is 24.6 Å². The molecular weight excluding hydrogens is 414 g/mol. The van der Waals surface area contributed by atoms with Crippen LogP contribution in [0.15, 0.2) is 75.5 Å². The second kappa shape index (κ2) is 7.69. The first-order valence-corrected chi connectivity index (χ1v) is 10.4. The Bertz CT molecular complexity index is 1420. The molecule has 0 saturated heterocycles. The topological polar surface area (TPSA) is 97.0 Å². The van der Waals surface area contributed by atoms with Crippen molar-refractivity contribution in [3.05, 3.63) is 88.1 Å². The lowest BCUT2D eigenvalue weighted by molar-refractivity contribution is 0.0772. The number of H-pyrrole nitrogens is 1. The average Bonchev–Trinajstić information content (AvgIpc) is 3.53. The standard InChI is InChI=1S/C22H17N5O3S/c1-26(13-19-23-15-9-11-31-20(15)21(28)24-19)22(29)17-12-16(18-8-5-10-30-18)25-27(17)14-6-3-2-4-7-14/h2-12H,13H2,1H3,(H,23,24,28). The maximum Gasteiger partial charge on any atom is 0.272 e. The van der Waals surface area contributed by atoms with E-state index in [9.17, 15) is 9.59 Å². The number of para-hydroxylation sites is 1. The molecule has 0 unspecified atom stereocenters. The maximum absolute atomic E-state index is 13.3. The number of aromatic amines is 1. The van der Waals surface area contributed by atoms with Gasteiger partial charge in [-0.05, 0) is 35.7 Å². The third-order valence-corrected chi connectivity index (χ3v) is 5.70. The van der Waals surface area contributed by atoms with Gasteiger partial charge in [-0.15, -0.1) is 11.3 Å². The van der Waals surface area contributed by atoms with Gasteiger partial charge in [-0.25, -0.2) is 9.67 Å². The quantitative estimate of drug-likeness (QED) is 0.458. The zero-order valence-corrected chi connectivity index (χ0v) is 17.3. The van der Waals surface area contributed by atoms with Crippen LogP contribution in [0.25, 0.3) is 27.4 Å². The molecule has 1 amide bonds. The smallest absolute Gasteiger partial charge is 0.272 e. The van der Waals surface area contributed by atoms with Gasteiger partial charge in [0.15, 0.2) is 5.76 Å². The SMILES string of the molecule is CN(Cc1nc2ccsc2c(=O)[nH]1)C(=O)c1cc(-c2ccco2)nn1-c1ccccc1. The van der Waals surface area contributed by atoms with E-state index in [0.717, 1.165) is 5.69 Å². The van der Waals surface area contributed by atoms with Gasteiger partial charge in [-0.1, -0.05) is 18.2 Å². The van der Waals surface area contributed by atoms with Crippen molar-refractivity contribution in [2.45, 2.75) is 6.54 Å². The van der Waals surface area contributed by atoms with E-state index >= 15 is 0 Å². The first-order chi connectivity index (χ1) is 15.1. The molecule has 0 fully saturated rings. The number of rotatable bonds is 5. The van der Waals surface area contributed by atoms with Crippen LogP contribution in [0.1, 0.15) is 16.3 Å². The van der Waals surface area contributed by atoms with Gasteiger partial charge >= 0.3 is 0 Å². The zero-order valence-electron chi connectivity index (χ0n) is 16.5. The Morgan fingerprint density at radius 1 is 1.19 bits per heavy atom. The number of carbonyl (C=O) groups is 1. The predicted molar refractivity (Wildman–Crippen MR) is 117 cm³/mol. The van der Waals surface area contributed by atoms with Gasteiger partial charge in [-0.2, -0.15) is 5.10 Å². The van der Waals surface area contributed by atoms with Gasteiger partial charge in [-0.3, -0.25) is 9.59 Å². The Morgan fingerprint density at radius 3 is 2.81 bits per heavy atom. The van der Waals surface area contributed by atoms with Crippen molar-refractivity contribution in [1.29, 1.82) is 0 Å². The highest BCUT2D eigenvalue weighted by Crippen LogP contribution is 2.23. The first kappa shape index (κ1) is 19.0. The van der Waals surface area contributed by atoms with E-state index in [2.05, 4.69) is 15.1 Å². The number of amides is 1. The summed E-state index contributed by atoms with van der Waals surface area (Å²) in [6.45, 7) is 0.149. The normalized spacial score (nSPS) is 11.1. The lowest BCUT2D eigenvalue weighted by Crippen LogP contribution is -2.30. The molecule has 0 aliphatic rings. The maximum atomic E-state index is 13.3. The number of aromatic nitrogens is 4. The van der Waals surface area contributed by atoms with E-state index in [4.69, 9.17) is 4.42 Å². The monoisotopic (exact) mass is 431 g/mol. The summed E-state index contributed by atoms with van der Waals surface area (Å²) < 4.78 is 7.62. The van der Waals surface area contributed by atoms with Gasteiger partial charge in [0, 0.05) is 13.1 Å². The van der Waals surface area contributed by atoms with E-state index in [1.807, 2.05) is 35.7 Å². The van der Waals surface area contributed by atoms with Gasteiger partial charge < -0.3 is 14.3 Å². The van der Waals surface area contributed by atoms with Crippen molar-refractivity contribution in [3.8, 4) is 17.1 Å². The zero-order chi connectivity index (χ0) is 21.4. The summed E-state index contributed by atoms with van der Waals surface area (Å²) in [6.07, 6.45) is 1.56. The summed E-state index contributed by atoms with van der Waals surface area (Å²) in [5.74, 6) is 0.728. The van der Waals surface area contributed by atoms with E-state index in [1.165, 1.54) is 16.2 Å². The number of benzene rings is 1. The number of hydrogen-bond donors (Lipinski definition) is 1. The highest BCUT2D eigenvalue weighted by atomic mass is 32.1. The van der Waals surface area contributed by atoms with Crippen molar-refractivity contribution in [2.75, 3.05) is 7.05 Å². The third kappa shape index (κ3) is 3.55. The van der Waals surface area contributed by atoms with Crippen LogP contribution in [0.2, 0.25) is 0 Å². The molecule has 154 valence electrons. The summed E-state index contributed by atoms with van der Waals surface area (Å²) in [5.41, 5.74) is 2.10. The summed E-state index contributed by atoms with van der Waals surface area (Å²) in [6, 6.07) is 16.5. The fourth-order valence-corrected chi connectivity index (χ4v) is 4.06. The molecule has 31 heavy (non-hydrogen) atoms. The second-order valence-electron chi connectivity index (χ2n) is 6.95. The van der Waals surface area contributed by atoms with Gasteiger partial charge in [0.25, 0.3) is 11.5 Å². The van der Waals surface area contributed by atoms with Crippen molar-refractivity contribution < 1.29 is 9.21 Å². The Morgan fingerprint density at radius 2 is 2.03 bits per heavy atom. The van der Waals surface area contributed by atoms with E-state index in [0.29, 0.717) is 33.2 Å². The molecule has 4 aromatic heterocycles. The summed E-state index contributed by atoms with van der Waals surface area (Å²) in [4.78, 5) is 34.3. The largest absolute Gasteiger partial charge is 0.463 e. The van der Waals surface area contributed by atoms with E-state index in [-0.39, 0.29) is 18.0 Å². The number of fused-ring (bicyclic) bond motifs is 1. The molecule has 8 nitrogen and oxygen atoms in total. The fraction of sp³-hybridized carbons (Fsp3) is 0.0909. The molecule has 0 aliphatic heterocycles. The van der Waals surface area contributed by atoms with Crippen LogP contribution in [-0.2, 0) is 6.54 Å². The number of carbonyl (C=O) groups excluding carboxylic acids is 1. The Labute approximate surface area is 180 Å². The molecule has 0 aliphatic carbocycles. The van der Waals surface area contributed by atoms with E-state index in [1.54, 1.807) is 42.3 Å². The molecule has 0 saturated carbocycles.